The van der Waals surface area contributed by atoms with E-state index in [4.69, 9.17) is 0 Å². The summed E-state index contributed by atoms with van der Waals surface area (Å²) in [6.07, 6.45) is -3.03. The summed E-state index contributed by atoms with van der Waals surface area (Å²) in [4.78, 5) is 7.73. The molecule has 0 fully saturated rings. The maximum Gasteiger partial charge on any atom is 0.421 e. The second-order valence-electron chi connectivity index (χ2n) is 7.01. The lowest BCUT2D eigenvalue weighted by atomic mass is 10.0. The Kier molecular flexibility index (Phi) is 6.00. The van der Waals surface area contributed by atoms with Crippen molar-refractivity contribution in [2.45, 2.75) is 26.4 Å². The Bertz CT molecular complexity index is 969. The molecule has 0 spiro atoms. The van der Waals surface area contributed by atoms with Gasteiger partial charge in [-0.05, 0) is 48.2 Å². The van der Waals surface area contributed by atoms with E-state index in [1.165, 1.54) is 18.2 Å². The van der Waals surface area contributed by atoms with E-state index in [9.17, 15) is 17.6 Å². The van der Waals surface area contributed by atoms with E-state index < -0.39 is 23.4 Å². The molecule has 3 aromatic rings. The molecule has 2 aromatic carbocycles. The van der Waals surface area contributed by atoms with Crippen LogP contribution in [0.15, 0.2) is 54.7 Å². The molecule has 0 unspecified atom stereocenters. The molecule has 152 valence electrons. The van der Waals surface area contributed by atoms with Gasteiger partial charge in [-0.2, -0.15) is 18.2 Å². The molecule has 4 nitrogen and oxygen atoms in total. The second-order valence-corrected chi connectivity index (χ2v) is 7.01. The molecule has 0 saturated heterocycles. The standard InChI is InChI=1S/C21H20F4N4/c1-13(2)10-14-6-8-16(9-7-14)28-20-26-12-18(21(23,24)25)19(29-20)27-17-5-3-4-15(22)11-17/h3-9,11-13H,10H2,1-2H3,(H2,26,27,28,29). The third-order valence-electron chi connectivity index (χ3n) is 4.04. The minimum absolute atomic E-state index is 0.00601. The maximum absolute atomic E-state index is 13.4. The summed E-state index contributed by atoms with van der Waals surface area (Å²) < 4.78 is 53.3. The van der Waals surface area contributed by atoms with Crippen molar-refractivity contribution in [1.29, 1.82) is 0 Å². The fraction of sp³-hybridized carbons (Fsp3) is 0.238. The van der Waals surface area contributed by atoms with E-state index in [0.29, 0.717) is 17.8 Å². The smallest absolute Gasteiger partial charge is 0.339 e. The average Bonchev–Trinajstić information content (AvgIpc) is 2.62. The zero-order valence-corrected chi connectivity index (χ0v) is 15.9. The Labute approximate surface area is 166 Å². The molecular weight excluding hydrogens is 384 g/mol. The van der Waals surface area contributed by atoms with Gasteiger partial charge in [-0.3, -0.25) is 0 Å². The number of rotatable bonds is 6. The average molecular weight is 404 g/mol. The molecule has 0 atom stereocenters. The van der Waals surface area contributed by atoms with Gasteiger partial charge in [0, 0.05) is 17.6 Å². The van der Waals surface area contributed by atoms with E-state index in [2.05, 4.69) is 34.4 Å². The van der Waals surface area contributed by atoms with Gasteiger partial charge < -0.3 is 10.6 Å². The molecule has 3 rings (SSSR count). The van der Waals surface area contributed by atoms with Gasteiger partial charge in [0.25, 0.3) is 0 Å². The molecular formula is C21H20F4N4. The number of nitrogens with zero attached hydrogens (tertiary/aromatic N) is 2. The number of alkyl halides is 3. The van der Waals surface area contributed by atoms with Gasteiger partial charge in [0.1, 0.15) is 17.2 Å². The molecule has 0 radical (unpaired) electrons. The number of hydrogen-bond acceptors (Lipinski definition) is 4. The second kappa shape index (κ2) is 8.46. The monoisotopic (exact) mass is 404 g/mol. The van der Waals surface area contributed by atoms with Crippen LogP contribution in [0, 0.1) is 11.7 Å². The van der Waals surface area contributed by atoms with Crippen molar-refractivity contribution in [1.82, 2.24) is 9.97 Å². The van der Waals surface area contributed by atoms with Crippen molar-refractivity contribution in [3.05, 3.63) is 71.7 Å². The summed E-state index contributed by atoms with van der Waals surface area (Å²) >= 11 is 0. The van der Waals surface area contributed by atoms with Gasteiger partial charge in [0.05, 0.1) is 0 Å². The number of aromatic nitrogens is 2. The van der Waals surface area contributed by atoms with Crippen molar-refractivity contribution >= 4 is 23.1 Å². The van der Waals surface area contributed by atoms with E-state index >= 15 is 0 Å². The fourth-order valence-electron chi connectivity index (χ4n) is 2.77. The molecule has 0 amide bonds. The van der Waals surface area contributed by atoms with Crippen LogP contribution >= 0.6 is 0 Å². The zero-order valence-electron chi connectivity index (χ0n) is 15.9. The summed E-state index contributed by atoms with van der Waals surface area (Å²) in [5.74, 6) is -0.522. The quantitative estimate of drug-likeness (QED) is 0.472. The Balaban J connectivity index is 1.86. The summed E-state index contributed by atoms with van der Waals surface area (Å²) in [6, 6.07) is 12.7. The lowest BCUT2D eigenvalue weighted by Gasteiger charge is -2.15. The molecule has 2 N–H and O–H groups in total. The topological polar surface area (TPSA) is 49.8 Å². The molecule has 1 heterocycles. The van der Waals surface area contributed by atoms with Gasteiger partial charge in [0.2, 0.25) is 5.95 Å². The Morgan fingerprint density at radius 3 is 2.31 bits per heavy atom. The predicted molar refractivity (Wildman–Crippen MR) is 105 cm³/mol. The lowest BCUT2D eigenvalue weighted by molar-refractivity contribution is -0.137. The minimum atomic E-state index is -4.66. The highest BCUT2D eigenvalue weighted by molar-refractivity contribution is 5.63. The van der Waals surface area contributed by atoms with Crippen LogP contribution in [0.1, 0.15) is 25.0 Å². The third-order valence-corrected chi connectivity index (χ3v) is 4.04. The largest absolute Gasteiger partial charge is 0.421 e. The SMILES string of the molecule is CC(C)Cc1ccc(Nc2ncc(C(F)(F)F)c(Nc3cccc(F)c3)n2)cc1. The maximum atomic E-state index is 13.4. The number of halogens is 4. The number of anilines is 4. The van der Waals surface area contributed by atoms with Crippen molar-refractivity contribution in [2.75, 3.05) is 10.6 Å². The molecule has 0 aliphatic rings. The molecule has 29 heavy (non-hydrogen) atoms. The lowest BCUT2D eigenvalue weighted by Crippen LogP contribution is -2.12. The Morgan fingerprint density at radius 1 is 0.966 bits per heavy atom. The van der Waals surface area contributed by atoms with Gasteiger partial charge in [-0.25, -0.2) is 9.37 Å². The van der Waals surface area contributed by atoms with Crippen LogP contribution in [0.25, 0.3) is 0 Å². The number of hydrogen-bond donors (Lipinski definition) is 2. The van der Waals surface area contributed by atoms with E-state index in [0.717, 1.165) is 18.1 Å². The Hall–Kier alpha value is -3.16. The van der Waals surface area contributed by atoms with E-state index in [1.54, 1.807) is 0 Å². The Morgan fingerprint density at radius 2 is 1.69 bits per heavy atom. The third kappa shape index (κ3) is 5.66. The minimum Gasteiger partial charge on any atom is -0.339 e. The highest BCUT2D eigenvalue weighted by atomic mass is 19.4. The first-order valence-corrected chi connectivity index (χ1v) is 9.03. The van der Waals surface area contributed by atoms with Gasteiger partial charge in [0.15, 0.2) is 0 Å². The van der Waals surface area contributed by atoms with Crippen LogP contribution < -0.4 is 10.6 Å². The van der Waals surface area contributed by atoms with Gasteiger partial charge in [-0.15, -0.1) is 0 Å². The predicted octanol–water partition coefficient (Wildman–Crippen LogP) is 6.32. The molecule has 1 aromatic heterocycles. The van der Waals surface area contributed by atoms with Crippen LogP contribution in [-0.4, -0.2) is 9.97 Å². The summed E-state index contributed by atoms with van der Waals surface area (Å²) in [7, 11) is 0. The van der Waals surface area contributed by atoms with Crippen molar-refractivity contribution < 1.29 is 17.6 Å². The molecule has 8 heteroatoms. The zero-order chi connectivity index (χ0) is 21.0. The van der Waals surface area contributed by atoms with Crippen LogP contribution in [0.2, 0.25) is 0 Å². The summed E-state index contributed by atoms with van der Waals surface area (Å²) in [5.41, 5.74) is 0.916. The molecule has 0 bridgehead atoms. The fourth-order valence-corrected chi connectivity index (χ4v) is 2.77. The molecule has 0 aliphatic heterocycles. The van der Waals surface area contributed by atoms with Crippen molar-refractivity contribution in [2.24, 2.45) is 5.92 Å². The highest BCUT2D eigenvalue weighted by Gasteiger charge is 2.35. The van der Waals surface area contributed by atoms with Crippen LogP contribution in [-0.2, 0) is 12.6 Å². The molecule has 0 saturated carbocycles. The van der Waals surface area contributed by atoms with E-state index in [-0.39, 0.29) is 11.6 Å². The first-order chi connectivity index (χ1) is 13.7. The first kappa shape index (κ1) is 20.6. The van der Waals surface area contributed by atoms with E-state index in [1.807, 2.05) is 24.3 Å². The highest BCUT2D eigenvalue weighted by Crippen LogP contribution is 2.35. The summed E-state index contributed by atoms with van der Waals surface area (Å²) in [6.45, 7) is 4.24. The number of benzene rings is 2. The van der Waals surface area contributed by atoms with Crippen LogP contribution in [0.4, 0.5) is 40.7 Å². The first-order valence-electron chi connectivity index (χ1n) is 9.03. The number of nitrogens with one attached hydrogen (secondary N) is 2. The van der Waals surface area contributed by atoms with Crippen LogP contribution in [0.5, 0.6) is 0 Å². The molecule has 0 aliphatic carbocycles. The summed E-state index contributed by atoms with van der Waals surface area (Å²) in [5, 5.41) is 5.42. The van der Waals surface area contributed by atoms with Crippen molar-refractivity contribution in [3.8, 4) is 0 Å². The van der Waals surface area contributed by atoms with Crippen molar-refractivity contribution in [3.63, 3.8) is 0 Å². The van der Waals surface area contributed by atoms with Crippen LogP contribution in [0.3, 0.4) is 0 Å². The van der Waals surface area contributed by atoms with Gasteiger partial charge in [-0.1, -0.05) is 32.0 Å². The van der Waals surface area contributed by atoms with Gasteiger partial charge >= 0.3 is 6.18 Å². The normalized spacial score (nSPS) is 11.6.